The molecule has 0 saturated heterocycles. The predicted molar refractivity (Wildman–Crippen MR) is 83.9 cm³/mol. The fourth-order valence-corrected chi connectivity index (χ4v) is 2.20. The van der Waals surface area contributed by atoms with Crippen LogP contribution in [0.4, 0.5) is 5.69 Å². The molecule has 0 atom stereocenters. The van der Waals surface area contributed by atoms with Gasteiger partial charge in [-0.15, -0.1) is 0 Å². The van der Waals surface area contributed by atoms with Crippen molar-refractivity contribution >= 4 is 22.6 Å². The Hall–Kier alpha value is -3.08. The lowest BCUT2D eigenvalue weighted by Gasteiger charge is -2.06. The van der Waals surface area contributed by atoms with Crippen LogP contribution in [0.25, 0.3) is 22.3 Å². The summed E-state index contributed by atoms with van der Waals surface area (Å²) in [7, 11) is 0. The second-order valence-electron chi connectivity index (χ2n) is 4.91. The van der Waals surface area contributed by atoms with Crippen LogP contribution >= 0.6 is 0 Å². The summed E-state index contributed by atoms with van der Waals surface area (Å²) in [5.74, 6) is 0.341. The highest BCUT2D eigenvalue weighted by atomic mass is 16.3. The van der Waals surface area contributed by atoms with Crippen molar-refractivity contribution in [3.8, 4) is 17.1 Å². The van der Waals surface area contributed by atoms with Gasteiger partial charge in [-0.3, -0.25) is 9.59 Å². The normalized spacial score (nSPS) is 10.6. The van der Waals surface area contributed by atoms with E-state index in [0.717, 1.165) is 0 Å². The topological polar surface area (TPSA) is 79.5 Å². The molecule has 0 spiro atoms. The Morgan fingerprint density at radius 3 is 2.50 bits per heavy atom. The first-order chi connectivity index (χ1) is 10.5. The quantitative estimate of drug-likeness (QED) is 0.761. The van der Waals surface area contributed by atoms with Gasteiger partial charge in [-0.25, -0.2) is 0 Å². The number of carbonyl (C=O) groups excluding carboxylic acids is 1. The molecule has 0 aliphatic carbocycles. The number of amides is 1. The van der Waals surface area contributed by atoms with E-state index in [1.54, 1.807) is 30.3 Å². The van der Waals surface area contributed by atoms with Crippen molar-refractivity contribution in [2.24, 2.45) is 0 Å². The Morgan fingerprint density at radius 1 is 1.09 bits per heavy atom. The Kier molecular flexibility index (Phi) is 3.39. The summed E-state index contributed by atoms with van der Waals surface area (Å²) in [5.41, 5.74) is 1.47. The lowest BCUT2D eigenvalue weighted by molar-refractivity contribution is -0.114. The lowest BCUT2D eigenvalue weighted by Crippen LogP contribution is -2.06. The molecule has 0 fully saturated rings. The van der Waals surface area contributed by atoms with Gasteiger partial charge in [0.1, 0.15) is 17.1 Å². The van der Waals surface area contributed by atoms with Crippen LogP contribution in [0.5, 0.6) is 5.75 Å². The van der Waals surface area contributed by atoms with E-state index in [1.807, 2.05) is 0 Å². The molecule has 22 heavy (non-hydrogen) atoms. The first-order valence-electron chi connectivity index (χ1n) is 6.68. The minimum absolute atomic E-state index is 0.139. The predicted octanol–water partition coefficient (Wildman–Crippen LogP) is 3.12. The molecule has 1 aromatic heterocycles. The second kappa shape index (κ2) is 5.37. The number of hydrogen-bond donors (Lipinski definition) is 2. The number of phenolic OH excluding ortho intramolecular Hbond substituents is 1. The van der Waals surface area contributed by atoms with E-state index in [-0.39, 0.29) is 17.1 Å². The van der Waals surface area contributed by atoms with Crippen LogP contribution in [0.2, 0.25) is 0 Å². The van der Waals surface area contributed by atoms with Gasteiger partial charge in [0, 0.05) is 30.3 Å². The monoisotopic (exact) mass is 295 g/mol. The smallest absolute Gasteiger partial charge is 0.221 e. The van der Waals surface area contributed by atoms with Crippen LogP contribution in [0.3, 0.4) is 0 Å². The maximum Gasteiger partial charge on any atom is 0.221 e. The van der Waals surface area contributed by atoms with Gasteiger partial charge in [0.05, 0.1) is 5.39 Å². The molecule has 3 rings (SSSR count). The summed E-state index contributed by atoms with van der Waals surface area (Å²) >= 11 is 0. The number of carbonyl (C=O) groups is 1. The average Bonchev–Trinajstić information content (AvgIpc) is 2.47. The van der Waals surface area contributed by atoms with Crippen molar-refractivity contribution in [2.75, 3.05) is 5.32 Å². The molecule has 5 nitrogen and oxygen atoms in total. The van der Waals surface area contributed by atoms with Crippen molar-refractivity contribution in [1.82, 2.24) is 0 Å². The third-order valence-electron chi connectivity index (χ3n) is 3.20. The number of benzene rings is 2. The zero-order chi connectivity index (χ0) is 15.7. The van der Waals surface area contributed by atoms with Crippen molar-refractivity contribution in [3.63, 3.8) is 0 Å². The van der Waals surface area contributed by atoms with E-state index in [0.29, 0.717) is 28.0 Å². The number of anilines is 1. The fourth-order valence-electron chi connectivity index (χ4n) is 2.20. The highest BCUT2D eigenvalue weighted by Crippen LogP contribution is 2.25. The first kappa shape index (κ1) is 13.9. The first-order valence-corrected chi connectivity index (χ1v) is 6.68. The maximum atomic E-state index is 12.2. The molecule has 0 bridgehead atoms. The molecular weight excluding hydrogens is 282 g/mol. The number of phenols is 1. The van der Waals surface area contributed by atoms with E-state index in [2.05, 4.69) is 5.32 Å². The molecule has 0 saturated carbocycles. The third kappa shape index (κ3) is 2.69. The fraction of sp³-hybridized carbons (Fsp3) is 0.0588. The minimum atomic E-state index is -0.198. The Bertz CT molecular complexity index is 910. The highest BCUT2D eigenvalue weighted by molar-refractivity contribution is 5.91. The molecule has 1 amide bonds. The molecule has 0 aliphatic rings. The average molecular weight is 295 g/mol. The molecule has 1 heterocycles. The molecule has 0 aliphatic heterocycles. The van der Waals surface area contributed by atoms with Crippen LogP contribution in [-0.2, 0) is 4.79 Å². The SMILES string of the molecule is CC(=O)Nc1ccc2c(=O)cc(-c3ccc(O)cc3)oc2c1. The molecule has 2 N–H and O–H groups in total. The van der Waals surface area contributed by atoms with Crippen LogP contribution in [-0.4, -0.2) is 11.0 Å². The molecule has 0 radical (unpaired) electrons. The van der Waals surface area contributed by atoms with Gasteiger partial charge in [-0.2, -0.15) is 0 Å². The maximum absolute atomic E-state index is 12.2. The van der Waals surface area contributed by atoms with E-state index >= 15 is 0 Å². The summed E-state index contributed by atoms with van der Waals surface area (Å²) in [4.78, 5) is 23.3. The molecule has 110 valence electrons. The number of nitrogens with one attached hydrogen (secondary N) is 1. The van der Waals surface area contributed by atoms with Gasteiger partial charge in [0.25, 0.3) is 0 Å². The van der Waals surface area contributed by atoms with Crippen LogP contribution in [0.1, 0.15) is 6.92 Å². The van der Waals surface area contributed by atoms with E-state index in [9.17, 15) is 14.7 Å². The van der Waals surface area contributed by atoms with Gasteiger partial charge < -0.3 is 14.8 Å². The van der Waals surface area contributed by atoms with Gasteiger partial charge in [-0.05, 0) is 36.4 Å². The van der Waals surface area contributed by atoms with Crippen LogP contribution in [0.15, 0.2) is 57.7 Å². The van der Waals surface area contributed by atoms with Gasteiger partial charge in [0.2, 0.25) is 5.91 Å². The van der Waals surface area contributed by atoms with Crippen LogP contribution < -0.4 is 10.7 Å². The minimum Gasteiger partial charge on any atom is -0.508 e. The standard InChI is InChI=1S/C17H13NO4/c1-10(19)18-12-4-7-14-15(21)9-16(22-17(14)8-12)11-2-5-13(20)6-3-11/h2-9,20H,1H3,(H,18,19). The highest BCUT2D eigenvalue weighted by Gasteiger charge is 2.08. The van der Waals surface area contributed by atoms with Crippen LogP contribution in [0, 0.1) is 0 Å². The lowest BCUT2D eigenvalue weighted by atomic mass is 10.1. The van der Waals surface area contributed by atoms with Gasteiger partial charge >= 0.3 is 0 Å². The zero-order valence-electron chi connectivity index (χ0n) is 11.8. The summed E-state index contributed by atoms with van der Waals surface area (Å²) in [6.07, 6.45) is 0. The number of rotatable bonds is 2. The van der Waals surface area contributed by atoms with E-state index < -0.39 is 0 Å². The summed E-state index contributed by atoms with van der Waals surface area (Å²) < 4.78 is 5.76. The largest absolute Gasteiger partial charge is 0.508 e. The van der Waals surface area contributed by atoms with Crippen molar-refractivity contribution in [3.05, 3.63) is 58.8 Å². The molecule has 0 unspecified atom stereocenters. The van der Waals surface area contributed by atoms with Crippen molar-refractivity contribution in [1.29, 1.82) is 0 Å². The Morgan fingerprint density at radius 2 is 1.82 bits per heavy atom. The molecule has 3 aromatic rings. The van der Waals surface area contributed by atoms with Crippen molar-refractivity contribution < 1.29 is 14.3 Å². The Balaban J connectivity index is 2.14. The Labute approximate surface area is 125 Å². The number of hydrogen-bond acceptors (Lipinski definition) is 4. The second-order valence-corrected chi connectivity index (χ2v) is 4.91. The molecule has 5 heteroatoms. The summed E-state index contributed by atoms with van der Waals surface area (Å²) in [6.45, 7) is 1.41. The molecule has 2 aromatic carbocycles. The van der Waals surface area contributed by atoms with E-state index in [1.165, 1.54) is 25.1 Å². The summed E-state index contributed by atoms with van der Waals surface area (Å²) in [5, 5.41) is 12.4. The summed E-state index contributed by atoms with van der Waals surface area (Å²) in [6, 6.07) is 12.7. The van der Waals surface area contributed by atoms with Gasteiger partial charge in [-0.1, -0.05) is 0 Å². The van der Waals surface area contributed by atoms with Gasteiger partial charge in [0.15, 0.2) is 5.43 Å². The molecular formula is C17H13NO4. The van der Waals surface area contributed by atoms with Crippen molar-refractivity contribution in [2.45, 2.75) is 6.92 Å². The number of fused-ring (bicyclic) bond motifs is 1. The van der Waals surface area contributed by atoms with E-state index in [4.69, 9.17) is 4.42 Å². The number of aromatic hydroxyl groups is 1. The third-order valence-corrected chi connectivity index (χ3v) is 3.20. The zero-order valence-corrected chi connectivity index (χ0v) is 11.8.